The zero-order chi connectivity index (χ0) is 28.6. The molecule has 2 amide bonds. The van der Waals surface area contributed by atoms with Gasteiger partial charge in [0.2, 0.25) is 11.8 Å². The van der Waals surface area contributed by atoms with Crippen molar-refractivity contribution in [3.63, 3.8) is 0 Å². The van der Waals surface area contributed by atoms with Crippen molar-refractivity contribution >= 4 is 51.0 Å². The van der Waals surface area contributed by atoms with E-state index in [-0.39, 0.29) is 45.9 Å². The van der Waals surface area contributed by atoms with Crippen molar-refractivity contribution in [2.24, 2.45) is 17.8 Å². The highest BCUT2D eigenvalue weighted by atomic mass is 79.9. The molecule has 202 valence electrons. The van der Waals surface area contributed by atoms with Gasteiger partial charge in [-0.2, -0.15) is 0 Å². The number of benzene rings is 2. The van der Waals surface area contributed by atoms with Crippen LogP contribution in [0.4, 0.5) is 5.69 Å². The van der Waals surface area contributed by atoms with Crippen LogP contribution in [-0.4, -0.2) is 44.7 Å². The van der Waals surface area contributed by atoms with Gasteiger partial charge in [-0.15, -0.1) is 0 Å². The molecule has 40 heavy (non-hydrogen) atoms. The van der Waals surface area contributed by atoms with Crippen LogP contribution in [-0.2, 0) is 19.2 Å². The number of anilines is 1. The van der Waals surface area contributed by atoms with Crippen LogP contribution in [0.2, 0.25) is 0 Å². The van der Waals surface area contributed by atoms with E-state index >= 15 is 0 Å². The molecular formula is C30H22BrNO8. The zero-order valence-corrected chi connectivity index (χ0v) is 22.6. The highest BCUT2D eigenvalue weighted by Crippen LogP contribution is 2.55. The number of aromatic hydroxyl groups is 2. The van der Waals surface area contributed by atoms with E-state index in [0.717, 1.165) is 22.6 Å². The topological polar surface area (TPSA) is 149 Å². The van der Waals surface area contributed by atoms with E-state index in [1.807, 2.05) is 6.08 Å². The summed E-state index contributed by atoms with van der Waals surface area (Å²) in [6, 6.07) is 8.50. The van der Waals surface area contributed by atoms with Crippen LogP contribution in [0.15, 0.2) is 69.8 Å². The number of carbonyl (C=O) groups excluding carboxylic acids is 4. The normalized spacial score (nSPS) is 25.8. The average Bonchev–Trinajstić information content (AvgIpc) is 3.17. The fourth-order valence-corrected chi connectivity index (χ4v) is 6.99. The van der Waals surface area contributed by atoms with Gasteiger partial charge in [0, 0.05) is 29.2 Å². The number of carboxylic acids is 1. The monoisotopic (exact) mass is 603 g/mol. The summed E-state index contributed by atoms with van der Waals surface area (Å²) in [4.78, 5) is 66.4. The molecule has 1 heterocycles. The number of halogens is 1. The third kappa shape index (κ3) is 3.70. The molecule has 0 radical (unpaired) electrons. The molecule has 3 aliphatic carbocycles. The maximum absolute atomic E-state index is 13.9. The van der Waals surface area contributed by atoms with Gasteiger partial charge in [0.05, 0.1) is 22.0 Å². The van der Waals surface area contributed by atoms with Crippen molar-refractivity contribution in [3.8, 4) is 11.5 Å². The Balaban J connectivity index is 1.46. The molecule has 1 aliphatic heterocycles. The first-order valence-electron chi connectivity index (χ1n) is 12.6. The number of hydrogen-bond acceptors (Lipinski definition) is 7. The van der Waals surface area contributed by atoms with Crippen molar-refractivity contribution in [2.75, 3.05) is 4.90 Å². The molecule has 9 nitrogen and oxygen atoms in total. The summed E-state index contributed by atoms with van der Waals surface area (Å²) in [6.45, 7) is 1.73. The standard InChI is InChI=1S/C30H22BrNO8/c1-12-8-13(2-7-21(12)33)24-15-5-6-17-25(18(15)10-19-26(24)23(35)11-20(31)27(19)36)29(38)32(28(17)37)14-3-4-16(30(39)40)22(34)9-14/h2-5,7-9,11,17-18,24-25,33-34H,6,10H2,1H3,(H,39,40). The Hall–Kier alpha value is -4.31. The van der Waals surface area contributed by atoms with Crippen LogP contribution in [0.3, 0.4) is 0 Å². The lowest BCUT2D eigenvalue weighted by atomic mass is 9.59. The summed E-state index contributed by atoms with van der Waals surface area (Å²) in [5, 5.41) is 29.6. The smallest absolute Gasteiger partial charge is 0.339 e. The third-order valence-corrected chi connectivity index (χ3v) is 8.94. The molecule has 10 heteroatoms. The van der Waals surface area contributed by atoms with Crippen molar-refractivity contribution in [1.29, 1.82) is 0 Å². The number of amides is 2. The fraction of sp³-hybridized carbons (Fsp3) is 0.233. The second kappa shape index (κ2) is 9.12. The molecule has 0 aromatic heterocycles. The van der Waals surface area contributed by atoms with Gasteiger partial charge in [-0.25, -0.2) is 9.69 Å². The number of carbonyl (C=O) groups is 5. The lowest BCUT2D eigenvalue weighted by Gasteiger charge is -2.42. The number of hydrogen-bond donors (Lipinski definition) is 3. The first kappa shape index (κ1) is 25.9. The number of carboxylic acid groups (broad SMARTS) is 1. The van der Waals surface area contributed by atoms with Crippen LogP contribution in [0.1, 0.15) is 40.2 Å². The maximum Gasteiger partial charge on any atom is 0.339 e. The Bertz CT molecular complexity index is 1680. The van der Waals surface area contributed by atoms with Crippen LogP contribution < -0.4 is 4.90 Å². The minimum absolute atomic E-state index is 0.0597. The van der Waals surface area contributed by atoms with Crippen LogP contribution in [0.25, 0.3) is 0 Å². The van der Waals surface area contributed by atoms with Gasteiger partial charge in [0.25, 0.3) is 0 Å². The van der Waals surface area contributed by atoms with E-state index < -0.39 is 47.2 Å². The number of Topliss-reactive ketones (excluding diaryl/α,β-unsaturated/α-hetero) is 1. The molecule has 0 spiro atoms. The largest absolute Gasteiger partial charge is 0.508 e. The Morgan fingerprint density at radius 2 is 1.73 bits per heavy atom. The number of rotatable bonds is 3. The molecule has 2 aromatic rings. The van der Waals surface area contributed by atoms with Crippen LogP contribution in [0, 0.1) is 24.7 Å². The second-order valence-electron chi connectivity index (χ2n) is 10.5. The molecule has 3 N–H and O–H groups in total. The fourth-order valence-electron chi connectivity index (χ4n) is 6.54. The highest BCUT2D eigenvalue weighted by molar-refractivity contribution is 9.12. The second-order valence-corrected chi connectivity index (χ2v) is 11.3. The Morgan fingerprint density at radius 1 is 0.975 bits per heavy atom. The van der Waals surface area contributed by atoms with Gasteiger partial charge >= 0.3 is 5.97 Å². The molecule has 0 saturated carbocycles. The Morgan fingerprint density at radius 3 is 2.40 bits per heavy atom. The lowest BCUT2D eigenvalue weighted by Crippen LogP contribution is -2.39. The first-order chi connectivity index (χ1) is 19.0. The van der Waals surface area contributed by atoms with Crippen molar-refractivity contribution in [1.82, 2.24) is 0 Å². The molecular weight excluding hydrogens is 582 g/mol. The highest BCUT2D eigenvalue weighted by Gasteiger charge is 2.56. The maximum atomic E-state index is 13.9. The minimum atomic E-state index is -1.35. The van der Waals surface area contributed by atoms with E-state index in [9.17, 15) is 39.3 Å². The molecule has 4 aliphatic rings. The average molecular weight is 604 g/mol. The minimum Gasteiger partial charge on any atom is -0.508 e. The van der Waals surface area contributed by atoms with Crippen LogP contribution in [0.5, 0.6) is 11.5 Å². The molecule has 1 saturated heterocycles. The zero-order valence-electron chi connectivity index (χ0n) is 21.1. The Kier molecular flexibility index (Phi) is 5.92. The van der Waals surface area contributed by atoms with Gasteiger partial charge < -0.3 is 15.3 Å². The van der Waals surface area contributed by atoms with Gasteiger partial charge in [-0.1, -0.05) is 23.8 Å². The summed E-state index contributed by atoms with van der Waals surface area (Å²) in [5.41, 5.74) is 2.37. The van der Waals surface area contributed by atoms with Crippen molar-refractivity contribution in [3.05, 3.63) is 86.4 Å². The van der Waals surface area contributed by atoms with Crippen molar-refractivity contribution in [2.45, 2.75) is 25.7 Å². The number of aromatic carboxylic acids is 1. The van der Waals surface area contributed by atoms with Gasteiger partial charge in [0.15, 0.2) is 11.6 Å². The van der Waals surface area contributed by atoms with E-state index in [0.29, 0.717) is 22.3 Å². The quantitative estimate of drug-likeness (QED) is 0.270. The summed E-state index contributed by atoms with van der Waals surface area (Å²) < 4.78 is 0.126. The number of imide groups is 1. The Labute approximate surface area is 236 Å². The molecule has 4 unspecified atom stereocenters. The molecule has 1 fully saturated rings. The van der Waals surface area contributed by atoms with Crippen LogP contribution >= 0.6 is 15.9 Å². The summed E-state index contributed by atoms with van der Waals surface area (Å²) in [7, 11) is 0. The van der Waals surface area contributed by atoms with E-state index in [2.05, 4.69) is 15.9 Å². The lowest BCUT2D eigenvalue weighted by molar-refractivity contribution is -0.123. The summed E-state index contributed by atoms with van der Waals surface area (Å²) >= 11 is 3.20. The number of aryl methyl sites for hydroxylation is 1. The number of nitrogens with zero attached hydrogens (tertiary/aromatic N) is 1. The SMILES string of the molecule is Cc1cc(C2C3=CCC4C(=O)N(c5ccc(C(=O)O)c(O)c5)C(=O)C4C3CC3=C2C(=O)C=C(Br)C3=O)ccc1O. The summed E-state index contributed by atoms with van der Waals surface area (Å²) in [5.74, 6) is -6.23. The van der Waals surface area contributed by atoms with Gasteiger partial charge in [0.1, 0.15) is 17.1 Å². The predicted octanol–water partition coefficient (Wildman–Crippen LogP) is 4.07. The van der Waals surface area contributed by atoms with Gasteiger partial charge in [-0.3, -0.25) is 19.2 Å². The van der Waals surface area contributed by atoms with Crippen molar-refractivity contribution < 1.29 is 39.3 Å². The summed E-state index contributed by atoms with van der Waals surface area (Å²) in [6.07, 6.45) is 3.47. The number of phenolic OH excluding ortho intramolecular Hbond substituents is 1. The first-order valence-corrected chi connectivity index (χ1v) is 13.4. The van der Waals surface area contributed by atoms with E-state index in [1.165, 1.54) is 18.2 Å². The molecule has 0 bridgehead atoms. The van der Waals surface area contributed by atoms with Gasteiger partial charge in [-0.05, 0) is 70.9 Å². The van der Waals surface area contributed by atoms with E-state index in [1.54, 1.807) is 19.1 Å². The number of allylic oxidation sites excluding steroid dienone is 6. The van der Waals surface area contributed by atoms with E-state index in [4.69, 9.17) is 0 Å². The number of fused-ring (bicyclic) bond motifs is 3. The molecule has 6 rings (SSSR count). The third-order valence-electron chi connectivity index (χ3n) is 8.36. The molecule has 2 aromatic carbocycles. The predicted molar refractivity (Wildman–Crippen MR) is 145 cm³/mol. The molecule has 4 atom stereocenters. The number of ketones is 2. The number of phenols is 2.